The van der Waals surface area contributed by atoms with E-state index in [2.05, 4.69) is 5.32 Å². The summed E-state index contributed by atoms with van der Waals surface area (Å²) in [6.45, 7) is 0.0996. The van der Waals surface area contributed by atoms with Gasteiger partial charge in [0.05, 0.1) is 10.8 Å². The number of benzene rings is 2. The first-order chi connectivity index (χ1) is 14.0. The van der Waals surface area contributed by atoms with Crippen molar-refractivity contribution in [2.24, 2.45) is 0 Å². The van der Waals surface area contributed by atoms with Crippen LogP contribution in [-0.4, -0.2) is 34.0 Å². The molecule has 29 heavy (non-hydrogen) atoms. The lowest BCUT2D eigenvalue weighted by Gasteiger charge is -2.17. The van der Waals surface area contributed by atoms with Gasteiger partial charge in [0, 0.05) is 22.7 Å². The molecule has 7 heteroatoms. The number of alkyl carbamates (subject to hydrolysis) is 1. The second-order valence-corrected chi connectivity index (χ2v) is 8.22. The van der Waals surface area contributed by atoms with Crippen LogP contribution < -0.4 is 5.32 Å². The molecule has 0 radical (unpaired) electrons. The number of carboxylic acids is 1. The summed E-state index contributed by atoms with van der Waals surface area (Å²) in [6, 6.07) is 14.7. The van der Waals surface area contributed by atoms with Crippen LogP contribution in [0.15, 0.2) is 71.0 Å². The Morgan fingerprint density at radius 3 is 2.24 bits per heavy atom. The highest BCUT2D eigenvalue weighted by Gasteiger charge is 2.30. The Morgan fingerprint density at radius 2 is 1.69 bits per heavy atom. The van der Waals surface area contributed by atoms with E-state index in [1.54, 1.807) is 12.2 Å². The summed E-state index contributed by atoms with van der Waals surface area (Å²) in [7, 11) is -1.34. The fraction of sp³-hybridized carbons (Fsp3) is 0.182. The highest BCUT2D eigenvalue weighted by Crippen LogP contribution is 2.44. The average molecular weight is 409 g/mol. The zero-order valence-electron chi connectivity index (χ0n) is 15.4. The molecule has 4 rings (SSSR count). The number of hydrogen-bond donors (Lipinski definition) is 2. The molecule has 1 amide bonds. The first kappa shape index (κ1) is 19.1. The third-order valence-corrected chi connectivity index (χ3v) is 6.31. The summed E-state index contributed by atoms with van der Waals surface area (Å²) < 4.78 is 17.2. The Morgan fingerprint density at radius 1 is 1.07 bits per heavy atom. The van der Waals surface area contributed by atoms with Crippen LogP contribution in [-0.2, 0) is 20.3 Å². The van der Waals surface area contributed by atoms with Gasteiger partial charge in [0.15, 0.2) is 0 Å². The van der Waals surface area contributed by atoms with Crippen molar-refractivity contribution in [2.75, 3.05) is 6.61 Å². The van der Waals surface area contributed by atoms with Crippen LogP contribution in [0.1, 0.15) is 23.5 Å². The minimum Gasteiger partial charge on any atom is -0.480 e. The van der Waals surface area contributed by atoms with Crippen LogP contribution in [0, 0.1) is 0 Å². The molecule has 1 unspecified atom stereocenters. The van der Waals surface area contributed by atoms with Crippen LogP contribution in [0.2, 0.25) is 0 Å². The molecule has 2 aromatic rings. The van der Waals surface area contributed by atoms with Gasteiger partial charge >= 0.3 is 12.1 Å². The summed E-state index contributed by atoms with van der Waals surface area (Å²) in [5, 5.41) is 13.2. The molecule has 2 N–H and O–H groups in total. The van der Waals surface area contributed by atoms with Gasteiger partial charge in [-0.1, -0.05) is 54.6 Å². The third-order valence-electron chi connectivity index (χ3n) is 5.08. The second kappa shape index (κ2) is 8.05. The second-order valence-electron chi connectivity index (χ2n) is 6.82. The number of amides is 1. The molecule has 0 fully saturated rings. The lowest BCUT2D eigenvalue weighted by Crippen LogP contribution is -2.41. The first-order valence-corrected chi connectivity index (χ1v) is 10.4. The van der Waals surface area contributed by atoms with E-state index in [9.17, 15) is 18.9 Å². The minimum absolute atomic E-state index is 0.0425. The maximum Gasteiger partial charge on any atom is 0.407 e. The summed E-state index contributed by atoms with van der Waals surface area (Å²) >= 11 is 0. The quantitative estimate of drug-likeness (QED) is 0.761. The molecular formula is C22H19NO5S. The standard InChI is InChI=1S/C22H19NO5S/c24-21(25)20(12-14-6-5-11-29(14)27)23-22(26)28-13-19-17-9-3-1-7-15(17)16-8-2-4-10-18(16)19/h1-11,19-20H,12-13H2,(H,23,26)(H,24,25)/t20-,29?/m0/s1. The average Bonchev–Trinajstić information content (AvgIpc) is 3.27. The van der Waals surface area contributed by atoms with Crippen molar-refractivity contribution in [3.63, 3.8) is 0 Å². The molecule has 1 heterocycles. The SMILES string of the molecule is O=C(N[C@@H](CC1=CC=CS1=O)C(=O)O)OCC1c2ccccc2-c2ccccc21. The zero-order valence-corrected chi connectivity index (χ0v) is 16.2. The van der Waals surface area contributed by atoms with Crippen LogP contribution in [0.25, 0.3) is 11.1 Å². The predicted octanol–water partition coefficient (Wildman–Crippen LogP) is 3.53. The molecular weight excluding hydrogens is 390 g/mol. The van der Waals surface area contributed by atoms with Gasteiger partial charge in [-0.2, -0.15) is 0 Å². The van der Waals surface area contributed by atoms with Gasteiger partial charge in [0.2, 0.25) is 0 Å². The van der Waals surface area contributed by atoms with E-state index < -0.39 is 28.9 Å². The number of allylic oxidation sites excluding steroid dienone is 2. The van der Waals surface area contributed by atoms with Gasteiger partial charge in [-0.05, 0) is 28.3 Å². The fourth-order valence-electron chi connectivity index (χ4n) is 3.71. The van der Waals surface area contributed by atoms with Crippen molar-refractivity contribution < 1.29 is 23.6 Å². The molecule has 6 nitrogen and oxygen atoms in total. The molecule has 0 bridgehead atoms. The molecule has 2 aliphatic rings. The summed E-state index contributed by atoms with van der Waals surface area (Å²) in [5.41, 5.74) is 4.38. The largest absolute Gasteiger partial charge is 0.480 e. The van der Waals surface area contributed by atoms with E-state index in [1.165, 1.54) is 5.41 Å². The molecule has 2 atom stereocenters. The molecule has 0 saturated carbocycles. The lowest BCUT2D eigenvalue weighted by molar-refractivity contribution is -0.139. The summed E-state index contributed by atoms with van der Waals surface area (Å²) in [5.74, 6) is -1.31. The van der Waals surface area contributed by atoms with Gasteiger partial charge < -0.3 is 15.2 Å². The molecule has 148 valence electrons. The Labute approximate surface area is 170 Å². The number of rotatable bonds is 6. The number of ether oxygens (including phenoxy) is 1. The highest BCUT2D eigenvalue weighted by molar-refractivity contribution is 7.92. The lowest BCUT2D eigenvalue weighted by atomic mass is 9.98. The van der Waals surface area contributed by atoms with E-state index in [0.29, 0.717) is 4.91 Å². The molecule has 1 aliphatic heterocycles. The van der Waals surface area contributed by atoms with Gasteiger partial charge in [-0.3, -0.25) is 4.21 Å². The number of carbonyl (C=O) groups excluding carboxylic acids is 1. The normalized spacial score (nSPS) is 17.9. The van der Waals surface area contributed by atoms with Crippen molar-refractivity contribution >= 4 is 22.9 Å². The van der Waals surface area contributed by atoms with Crippen LogP contribution in [0.4, 0.5) is 4.79 Å². The van der Waals surface area contributed by atoms with E-state index in [-0.39, 0.29) is 18.9 Å². The predicted molar refractivity (Wildman–Crippen MR) is 110 cm³/mol. The van der Waals surface area contributed by atoms with E-state index >= 15 is 0 Å². The van der Waals surface area contributed by atoms with Crippen LogP contribution in [0.5, 0.6) is 0 Å². The van der Waals surface area contributed by atoms with Gasteiger partial charge in [0.25, 0.3) is 0 Å². The van der Waals surface area contributed by atoms with Crippen LogP contribution in [0.3, 0.4) is 0 Å². The highest BCUT2D eigenvalue weighted by atomic mass is 32.2. The van der Waals surface area contributed by atoms with Gasteiger partial charge in [-0.15, -0.1) is 0 Å². The number of carboxylic acid groups (broad SMARTS) is 1. The van der Waals surface area contributed by atoms with E-state index in [0.717, 1.165) is 22.3 Å². The van der Waals surface area contributed by atoms with Gasteiger partial charge in [-0.25, -0.2) is 9.59 Å². The number of nitrogens with one attached hydrogen (secondary N) is 1. The summed E-state index contributed by atoms with van der Waals surface area (Å²) in [6.07, 6.45) is 2.36. The van der Waals surface area contributed by atoms with Crippen molar-refractivity contribution in [1.29, 1.82) is 0 Å². The third kappa shape index (κ3) is 3.86. The maximum absolute atomic E-state index is 12.3. The van der Waals surface area contributed by atoms with Gasteiger partial charge in [0.1, 0.15) is 12.6 Å². The topological polar surface area (TPSA) is 92.7 Å². The zero-order chi connectivity index (χ0) is 20.4. The summed E-state index contributed by atoms with van der Waals surface area (Å²) in [4.78, 5) is 24.2. The smallest absolute Gasteiger partial charge is 0.407 e. The fourth-order valence-corrected chi connectivity index (χ4v) is 4.65. The molecule has 0 spiro atoms. The maximum atomic E-state index is 12.3. The number of aliphatic carboxylic acids is 1. The van der Waals surface area contributed by atoms with Crippen molar-refractivity contribution in [2.45, 2.75) is 18.4 Å². The van der Waals surface area contributed by atoms with E-state index in [1.807, 2.05) is 48.5 Å². The van der Waals surface area contributed by atoms with Crippen molar-refractivity contribution in [3.05, 3.63) is 82.1 Å². The van der Waals surface area contributed by atoms with E-state index in [4.69, 9.17) is 4.74 Å². The Kier molecular flexibility index (Phi) is 5.31. The Balaban J connectivity index is 1.43. The number of hydrogen-bond acceptors (Lipinski definition) is 4. The molecule has 2 aromatic carbocycles. The monoisotopic (exact) mass is 409 g/mol. The van der Waals surface area contributed by atoms with Crippen molar-refractivity contribution in [1.82, 2.24) is 5.32 Å². The molecule has 0 saturated heterocycles. The Bertz CT molecular complexity index is 1010. The molecule has 0 aromatic heterocycles. The first-order valence-electron chi connectivity index (χ1n) is 9.17. The Hall–Kier alpha value is -3.19. The van der Waals surface area contributed by atoms with Crippen LogP contribution >= 0.6 is 0 Å². The molecule has 1 aliphatic carbocycles. The number of fused-ring (bicyclic) bond motifs is 3. The van der Waals surface area contributed by atoms with Crippen molar-refractivity contribution in [3.8, 4) is 11.1 Å². The minimum atomic E-state index is -1.34. The number of carbonyl (C=O) groups is 2.